The van der Waals surface area contributed by atoms with Gasteiger partial charge in [0.05, 0.1) is 0 Å². The Bertz CT molecular complexity index is 381. The predicted octanol–water partition coefficient (Wildman–Crippen LogP) is 1.32. The van der Waals surface area contributed by atoms with Crippen molar-refractivity contribution in [1.29, 1.82) is 0 Å². The van der Waals surface area contributed by atoms with Crippen LogP contribution in [0.15, 0.2) is 4.99 Å². The first-order valence-corrected chi connectivity index (χ1v) is 8.90. The van der Waals surface area contributed by atoms with Crippen LogP contribution in [0.5, 0.6) is 0 Å². The van der Waals surface area contributed by atoms with E-state index in [1.807, 2.05) is 0 Å². The van der Waals surface area contributed by atoms with Crippen molar-refractivity contribution in [2.75, 3.05) is 32.7 Å². The smallest absolute Gasteiger partial charge is 0.220 e. The molecule has 0 bridgehead atoms. The highest BCUT2D eigenvalue weighted by molar-refractivity contribution is 5.80. The Kier molecular flexibility index (Phi) is 8.37. The fourth-order valence-electron chi connectivity index (χ4n) is 2.74. The normalized spacial score (nSPS) is 18.0. The molecular formula is C17H35N5O. The average molecular weight is 326 g/mol. The Labute approximate surface area is 141 Å². The lowest BCUT2D eigenvalue weighted by molar-refractivity contribution is -0.123. The lowest BCUT2D eigenvalue weighted by Crippen LogP contribution is -2.47. The second-order valence-electron chi connectivity index (χ2n) is 7.36. The summed E-state index contributed by atoms with van der Waals surface area (Å²) in [6.45, 7) is 13.3. The minimum Gasteiger partial charge on any atom is -0.369 e. The zero-order valence-electron chi connectivity index (χ0n) is 15.3. The largest absolute Gasteiger partial charge is 0.369 e. The van der Waals surface area contributed by atoms with E-state index < -0.39 is 0 Å². The van der Waals surface area contributed by atoms with Gasteiger partial charge in [-0.15, -0.1) is 0 Å². The van der Waals surface area contributed by atoms with E-state index in [0.29, 0.717) is 0 Å². The molecule has 0 aliphatic carbocycles. The number of nitrogens with two attached hydrogens (primary N) is 1. The highest BCUT2D eigenvalue weighted by Crippen LogP contribution is 2.16. The van der Waals surface area contributed by atoms with Crippen LogP contribution < -0.4 is 16.4 Å². The molecule has 1 amide bonds. The van der Waals surface area contributed by atoms with Gasteiger partial charge in [0.2, 0.25) is 5.91 Å². The molecule has 134 valence electrons. The highest BCUT2D eigenvalue weighted by atomic mass is 16.1. The number of aliphatic imine (C=N–C) groups is 1. The quantitative estimate of drug-likeness (QED) is 0.374. The number of amides is 1. The summed E-state index contributed by atoms with van der Waals surface area (Å²) in [5.41, 5.74) is 5.38. The molecule has 1 aliphatic rings. The van der Waals surface area contributed by atoms with Crippen LogP contribution in [0.2, 0.25) is 0 Å². The van der Waals surface area contributed by atoms with Gasteiger partial charge in [-0.05, 0) is 73.0 Å². The number of primary amides is 1. The highest BCUT2D eigenvalue weighted by Gasteiger charge is 2.22. The van der Waals surface area contributed by atoms with Crippen molar-refractivity contribution >= 4 is 11.9 Å². The fourth-order valence-corrected chi connectivity index (χ4v) is 2.74. The van der Waals surface area contributed by atoms with Crippen molar-refractivity contribution < 1.29 is 4.79 Å². The molecule has 0 spiro atoms. The SMILES string of the molecule is CCNC(=NCCCCN1CCC(C(N)=O)CC1)NC(C)(C)C. The molecule has 0 radical (unpaired) electrons. The molecule has 1 aliphatic heterocycles. The van der Waals surface area contributed by atoms with Gasteiger partial charge in [-0.25, -0.2) is 0 Å². The molecular weight excluding hydrogens is 290 g/mol. The zero-order valence-corrected chi connectivity index (χ0v) is 15.3. The van der Waals surface area contributed by atoms with Crippen molar-refractivity contribution in [2.24, 2.45) is 16.6 Å². The summed E-state index contributed by atoms with van der Waals surface area (Å²) in [6.07, 6.45) is 4.04. The number of rotatable bonds is 7. The van der Waals surface area contributed by atoms with Crippen LogP contribution in [-0.2, 0) is 4.79 Å². The molecule has 0 unspecified atom stereocenters. The third kappa shape index (κ3) is 8.79. The number of guanidine groups is 1. The molecule has 1 saturated heterocycles. The maximum atomic E-state index is 11.2. The van der Waals surface area contributed by atoms with Crippen molar-refractivity contribution in [2.45, 2.75) is 58.9 Å². The van der Waals surface area contributed by atoms with Crippen molar-refractivity contribution in [3.63, 3.8) is 0 Å². The Morgan fingerprint density at radius 2 is 1.91 bits per heavy atom. The van der Waals surface area contributed by atoms with E-state index in [2.05, 4.69) is 48.2 Å². The summed E-state index contributed by atoms with van der Waals surface area (Å²) < 4.78 is 0. The molecule has 23 heavy (non-hydrogen) atoms. The molecule has 6 nitrogen and oxygen atoms in total. The summed E-state index contributed by atoms with van der Waals surface area (Å²) in [6, 6.07) is 0. The van der Waals surface area contributed by atoms with E-state index >= 15 is 0 Å². The first kappa shape index (κ1) is 19.7. The third-order valence-electron chi connectivity index (χ3n) is 3.98. The molecule has 1 rings (SSSR count). The number of nitrogens with one attached hydrogen (secondary N) is 2. The van der Waals surface area contributed by atoms with Crippen LogP contribution in [0, 0.1) is 5.92 Å². The third-order valence-corrected chi connectivity index (χ3v) is 3.98. The number of piperidine rings is 1. The predicted molar refractivity (Wildman–Crippen MR) is 96.5 cm³/mol. The van der Waals surface area contributed by atoms with Gasteiger partial charge in [0.1, 0.15) is 0 Å². The number of hydrogen-bond acceptors (Lipinski definition) is 3. The second-order valence-corrected chi connectivity index (χ2v) is 7.36. The Morgan fingerprint density at radius 1 is 1.26 bits per heavy atom. The van der Waals surface area contributed by atoms with Gasteiger partial charge >= 0.3 is 0 Å². The van der Waals surface area contributed by atoms with Gasteiger partial charge in [0.25, 0.3) is 0 Å². The number of unbranched alkanes of at least 4 members (excludes halogenated alkanes) is 1. The maximum absolute atomic E-state index is 11.2. The van der Waals surface area contributed by atoms with Gasteiger partial charge in [0.15, 0.2) is 5.96 Å². The van der Waals surface area contributed by atoms with Crippen LogP contribution in [0.25, 0.3) is 0 Å². The minimum absolute atomic E-state index is 0.0196. The zero-order chi connectivity index (χ0) is 17.3. The Morgan fingerprint density at radius 3 is 2.43 bits per heavy atom. The standard InChI is InChI=1S/C17H35N5O/c1-5-19-16(21-17(2,3)4)20-10-6-7-11-22-12-8-14(9-13-22)15(18)23/h14H,5-13H2,1-4H3,(H2,18,23)(H2,19,20,21). The van der Waals surface area contributed by atoms with E-state index in [4.69, 9.17) is 5.73 Å². The van der Waals surface area contributed by atoms with Crippen molar-refractivity contribution in [3.05, 3.63) is 0 Å². The number of likely N-dealkylation sites (tertiary alicyclic amines) is 1. The lowest BCUT2D eigenvalue weighted by Gasteiger charge is -2.30. The van der Waals surface area contributed by atoms with E-state index in [1.54, 1.807) is 0 Å². The molecule has 0 aromatic rings. The molecule has 0 aromatic carbocycles. The van der Waals surface area contributed by atoms with Crippen LogP contribution in [0.1, 0.15) is 53.4 Å². The van der Waals surface area contributed by atoms with Gasteiger partial charge in [0, 0.05) is 24.5 Å². The van der Waals surface area contributed by atoms with Crippen molar-refractivity contribution in [1.82, 2.24) is 15.5 Å². The van der Waals surface area contributed by atoms with Gasteiger partial charge in [-0.2, -0.15) is 0 Å². The van der Waals surface area contributed by atoms with Gasteiger partial charge < -0.3 is 21.3 Å². The van der Waals surface area contributed by atoms with Gasteiger partial charge in [-0.1, -0.05) is 0 Å². The molecule has 1 heterocycles. The topological polar surface area (TPSA) is 82.8 Å². The number of nitrogens with zero attached hydrogens (tertiary/aromatic N) is 2. The summed E-state index contributed by atoms with van der Waals surface area (Å²) in [5.74, 6) is 0.838. The summed E-state index contributed by atoms with van der Waals surface area (Å²) in [5, 5.41) is 6.68. The second kappa shape index (κ2) is 9.75. The molecule has 0 aromatic heterocycles. The number of hydrogen-bond donors (Lipinski definition) is 3. The van der Waals surface area contributed by atoms with Crippen LogP contribution in [-0.4, -0.2) is 55.0 Å². The average Bonchev–Trinajstić information content (AvgIpc) is 2.46. The van der Waals surface area contributed by atoms with Gasteiger partial charge in [-0.3, -0.25) is 9.79 Å². The molecule has 0 saturated carbocycles. The van der Waals surface area contributed by atoms with Crippen LogP contribution in [0.4, 0.5) is 0 Å². The summed E-state index contributed by atoms with van der Waals surface area (Å²) in [7, 11) is 0. The van der Waals surface area contributed by atoms with Crippen LogP contribution >= 0.6 is 0 Å². The summed E-state index contributed by atoms with van der Waals surface area (Å²) >= 11 is 0. The number of carbonyl (C=O) groups excluding carboxylic acids is 1. The van der Waals surface area contributed by atoms with E-state index in [9.17, 15) is 4.79 Å². The number of carbonyl (C=O) groups is 1. The van der Waals surface area contributed by atoms with Crippen molar-refractivity contribution in [3.8, 4) is 0 Å². The first-order valence-electron chi connectivity index (χ1n) is 8.90. The fraction of sp³-hybridized carbons (Fsp3) is 0.882. The Hall–Kier alpha value is -1.30. The van der Waals surface area contributed by atoms with E-state index in [1.165, 1.54) is 0 Å². The molecule has 1 fully saturated rings. The monoisotopic (exact) mass is 325 g/mol. The summed E-state index contributed by atoms with van der Waals surface area (Å²) in [4.78, 5) is 18.2. The molecule has 0 atom stereocenters. The first-order chi connectivity index (χ1) is 10.8. The Balaban J connectivity index is 2.20. The lowest BCUT2D eigenvalue weighted by atomic mass is 9.96. The van der Waals surface area contributed by atoms with E-state index in [-0.39, 0.29) is 17.4 Å². The molecule has 6 heteroatoms. The van der Waals surface area contributed by atoms with Crippen LogP contribution in [0.3, 0.4) is 0 Å². The van der Waals surface area contributed by atoms with E-state index in [0.717, 1.165) is 64.4 Å². The maximum Gasteiger partial charge on any atom is 0.220 e. The molecule has 4 N–H and O–H groups in total. The minimum atomic E-state index is -0.138.